The third kappa shape index (κ3) is 3.49. The molecule has 5 nitrogen and oxygen atoms in total. The summed E-state index contributed by atoms with van der Waals surface area (Å²) in [5.41, 5.74) is 8.17. The molecule has 2 N–H and O–H groups in total. The van der Waals surface area contributed by atoms with Crippen molar-refractivity contribution >= 4 is 23.2 Å². The van der Waals surface area contributed by atoms with Crippen molar-refractivity contribution in [1.82, 2.24) is 14.8 Å². The molecule has 0 spiro atoms. The van der Waals surface area contributed by atoms with Gasteiger partial charge in [0.2, 0.25) is 0 Å². The van der Waals surface area contributed by atoms with Gasteiger partial charge in [-0.05, 0) is 19.1 Å². The van der Waals surface area contributed by atoms with Gasteiger partial charge in [-0.1, -0.05) is 54.2 Å². The largest absolute Gasteiger partial charge is 0.399 e. The lowest BCUT2D eigenvalue weighted by molar-refractivity contribution is 0.102. The second kappa shape index (κ2) is 7.31. The molecule has 0 bridgehead atoms. The van der Waals surface area contributed by atoms with Crippen molar-refractivity contribution in [2.75, 3.05) is 11.5 Å². The average Bonchev–Trinajstić information content (AvgIpc) is 3.03. The molecule has 0 amide bonds. The number of aromatic nitrogens is 3. The molecule has 1 heterocycles. The first-order valence-electron chi connectivity index (χ1n) is 7.69. The van der Waals surface area contributed by atoms with E-state index < -0.39 is 0 Å². The van der Waals surface area contributed by atoms with Crippen molar-refractivity contribution in [3.05, 3.63) is 60.2 Å². The fraction of sp³-hybridized carbons (Fsp3) is 0.167. The molecule has 0 radical (unpaired) electrons. The molecule has 2 aromatic carbocycles. The molecular formula is C18H18N4OS. The summed E-state index contributed by atoms with van der Waals surface area (Å²) in [6.07, 6.45) is 0. The number of nitrogens with two attached hydrogens (primary N) is 1. The number of nitrogen functional groups attached to an aromatic ring is 1. The summed E-state index contributed by atoms with van der Waals surface area (Å²) in [6.45, 7) is 2.75. The van der Waals surface area contributed by atoms with Gasteiger partial charge in [0.25, 0.3) is 0 Å². The Hall–Kier alpha value is -2.60. The van der Waals surface area contributed by atoms with Crippen LogP contribution in [0, 0.1) is 0 Å². The maximum absolute atomic E-state index is 12.2. The molecule has 0 saturated heterocycles. The molecule has 3 aromatic rings. The van der Waals surface area contributed by atoms with Gasteiger partial charge in [0.1, 0.15) is 0 Å². The van der Waals surface area contributed by atoms with Crippen LogP contribution in [-0.4, -0.2) is 26.3 Å². The first-order valence-corrected chi connectivity index (χ1v) is 8.67. The summed E-state index contributed by atoms with van der Waals surface area (Å²) in [5, 5.41) is 9.25. The average molecular weight is 338 g/mol. The minimum atomic E-state index is 0.0803. The summed E-state index contributed by atoms with van der Waals surface area (Å²) >= 11 is 1.40. The monoisotopic (exact) mass is 338 g/mol. The zero-order valence-corrected chi connectivity index (χ0v) is 14.2. The van der Waals surface area contributed by atoms with Crippen LogP contribution in [0.1, 0.15) is 17.3 Å². The number of nitrogens with zero attached hydrogens (tertiary/aromatic N) is 3. The van der Waals surface area contributed by atoms with Gasteiger partial charge in [-0.3, -0.25) is 4.79 Å². The molecular weight excluding hydrogens is 320 g/mol. The SMILES string of the molecule is CCn1c(SCC(=O)c2ccccc2)nnc1-c1cccc(N)c1. The molecule has 3 rings (SSSR count). The Kier molecular flexibility index (Phi) is 4.96. The lowest BCUT2D eigenvalue weighted by atomic mass is 10.2. The van der Waals surface area contributed by atoms with Gasteiger partial charge in [0.15, 0.2) is 16.8 Å². The van der Waals surface area contributed by atoms with Gasteiger partial charge in [0, 0.05) is 23.4 Å². The zero-order chi connectivity index (χ0) is 16.9. The number of hydrogen-bond acceptors (Lipinski definition) is 5. The van der Waals surface area contributed by atoms with Gasteiger partial charge in [-0.15, -0.1) is 10.2 Å². The standard InChI is InChI=1S/C18H18N4OS/c1-2-22-17(14-9-6-10-15(19)11-14)20-21-18(22)24-12-16(23)13-7-4-3-5-8-13/h3-11H,2,12,19H2,1H3. The number of thioether (sulfide) groups is 1. The Labute approximate surface area is 144 Å². The molecule has 0 saturated carbocycles. The highest BCUT2D eigenvalue weighted by atomic mass is 32.2. The molecule has 0 aliphatic heterocycles. The van der Waals surface area contributed by atoms with Crippen LogP contribution < -0.4 is 5.73 Å². The highest BCUT2D eigenvalue weighted by Crippen LogP contribution is 2.25. The molecule has 6 heteroatoms. The molecule has 0 aliphatic rings. The van der Waals surface area contributed by atoms with Crippen LogP contribution in [0.15, 0.2) is 59.8 Å². The van der Waals surface area contributed by atoms with Crippen LogP contribution in [0.2, 0.25) is 0 Å². The van der Waals surface area contributed by atoms with Crippen LogP contribution in [0.25, 0.3) is 11.4 Å². The van der Waals surface area contributed by atoms with E-state index in [0.717, 1.165) is 23.1 Å². The number of rotatable bonds is 6. The number of benzene rings is 2. The topological polar surface area (TPSA) is 73.8 Å². The molecule has 122 valence electrons. The Morgan fingerprint density at radius 1 is 1.12 bits per heavy atom. The minimum Gasteiger partial charge on any atom is -0.399 e. The Morgan fingerprint density at radius 2 is 1.92 bits per heavy atom. The van der Waals surface area contributed by atoms with Crippen LogP contribution in [0.5, 0.6) is 0 Å². The predicted molar refractivity (Wildman–Crippen MR) is 97.0 cm³/mol. The van der Waals surface area contributed by atoms with E-state index in [1.165, 1.54) is 11.8 Å². The van der Waals surface area contributed by atoms with Crippen LogP contribution in [0.3, 0.4) is 0 Å². The molecule has 24 heavy (non-hydrogen) atoms. The van der Waals surface area contributed by atoms with Gasteiger partial charge >= 0.3 is 0 Å². The predicted octanol–water partition coefficient (Wildman–Crippen LogP) is 3.52. The van der Waals surface area contributed by atoms with Crippen molar-refractivity contribution in [3.8, 4) is 11.4 Å². The van der Waals surface area contributed by atoms with Crippen molar-refractivity contribution in [2.24, 2.45) is 0 Å². The highest BCUT2D eigenvalue weighted by Gasteiger charge is 2.15. The first kappa shape index (κ1) is 16.3. The van der Waals surface area contributed by atoms with Gasteiger partial charge in [-0.25, -0.2) is 0 Å². The van der Waals surface area contributed by atoms with Crippen LogP contribution in [-0.2, 0) is 6.54 Å². The number of Topliss-reactive ketones (excluding diaryl/α,β-unsaturated/α-hetero) is 1. The van der Waals surface area contributed by atoms with Gasteiger partial charge in [-0.2, -0.15) is 0 Å². The third-order valence-electron chi connectivity index (χ3n) is 3.61. The smallest absolute Gasteiger partial charge is 0.191 e. The van der Waals surface area contributed by atoms with Crippen molar-refractivity contribution in [3.63, 3.8) is 0 Å². The van der Waals surface area contributed by atoms with Gasteiger partial charge in [0.05, 0.1) is 5.75 Å². The van der Waals surface area contributed by atoms with Gasteiger partial charge < -0.3 is 10.3 Å². The third-order valence-corrected chi connectivity index (χ3v) is 4.57. The van der Waals surface area contributed by atoms with Crippen molar-refractivity contribution in [2.45, 2.75) is 18.6 Å². The molecule has 0 aliphatic carbocycles. The minimum absolute atomic E-state index is 0.0803. The molecule has 0 fully saturated rings. The summed E-state index contributed by atoms with van der Waals surface area (Å²) in [6, 6.07) is 16.8. The quantitative estimate of drug-likeness (QED) is 0.423. The Balaban J connectivity index is 1.79. The second-order valence-corrected chi connectivity index (χ2v) is 6.20. The Morgan fingerprint density at radius 3 is 2.62 bits per heavy atom. The van der Waals surface area contributed by atoms with E-state index in [0.29, 0.717) is 17.0 Å². The summed E-state index contributed by atoms with van der Waals surface area (Å²) in [7, 11) is 0. The number of carbonyl (C=O) groups is 1. The molecule has 0 atom stereocenters. The van der Waals surface area contributed by atoms with Crippen molar-refractivity contribution < 1.29 is 4.79 Å². The van der Waals surface area contributed by atoms with Crippen LogP contribution >= 0.6 is 11.8 Å². The fourth-order valence-corrected chi connectivity index (χ4v) is 3.31. The number of ketones is 1. The lowest BCUT2D eigenvalue weighted by Crippen LogP contribution is -2.05. The maximum atomic E-state index is 12.2. The van der Waals surface area contributed by atoms with E-state index in [9.17, 15) is 4.79 Å². The van der Waals surface area contributed by atoms with E-state index in [1.54, 1.807) is 0 Å². The summed E-state index contributed by atoms with van der Waals surface area (Å²) < 4.78 is 2.00. The molecule has 1 aromatic heterocycles. The maximum Gasteiger partial charge on any atom is 0.191 e. The fourth-order valence-electron chi connectivity index (χ4n) is 2.41. The van der Waals surface area contributed by atoms with E-state index in [-0.39, 0.29) is 5.78 Å². The number of hydrogen-bond donors (Lipinski definition) is 1. The highest BCUT2D eigenvalue weighted by molar-refractivity contribution is 7.99. The lowest BCUT2D eigenvalue weighted by Gasteiger charge is -2.07. The van der Waals surface area contributed by atoms with E-state index in [4.69, 9.17) is 5.73 Å². The zero-order valence-electron chi connectivity index (χ0n) is 13.3. The second-order valence-electron chi connectivity index (χ2n) is 5.25. The molecule has 0 unspecified atom stereocenters. The normalized spacial score (nSPS) is 10.7. The summed E-state index contributed by atoms with van der Waals surface area (Å²) in [5.74, 6) is 1.18. The summed E-state index contributed by atoms with van der Waals surface area (Å²) in [4.78, 5) is 12.2. The van der Waals surface area contributed by atoms with E-state index in [2.05, 4.69) is 10.2 Å². The van der Waals surface area contributed by atoms with Crippen molar-refractivity contribution in [1.29, 1.82) is 0 Å². The van der Waals surface area contributed by atoms with E-state index >= 15 is 0 Å². The first-order chi connectivity index (χ1) is 11.7. The number of anilines is 1. The van der Waals surface area contributed by atoms with Crippen LogP contribution in [0.4, 0.5) is 5.69 Å². The Bertz CT molecular complexity index is 845. The van der Waals surface area contributed by atoms with E-state index in [1.807, 2.05) is 66.1 Å². The number of carbonyl (C=O) groups excluding carboxylic acids is 1.